The molecular weight excluding hydrogens is 228 g/mol. The third kappa shape index (κ3) is 3.76. The minimum Gasteiger partial charge on any atom is -0.496 e. The first-order valence-electron chi connectivity index (χ1n) is 6.40. The Balaban J connectivity index is 2.85. The minimum atomic E-state index is -0.0365. The Kier molecular flexibility index (Phi) is 5.69. The molecule has 1 atom stereocenters. The van der Waals surface area contributed by atoms with Crippen LogP contribution in [0.4, 0.5) is 0 Å². The second kappa shape index (κ2) is 7.04. The highest BCUT2D eigenvalue weighted by Gasteiger charge is 2.15. The van der Waals surface area contributed by atoms with E-state index in [1.165, 1.54) is 6.92 Å². The highest BCUT2D eigenvalue weighted by Crippen LogP contribution is 2.29. The number of carbonyl (C=O) groups excluding carboxylic acids is 1. The van der Waals surface area contributed by atoms with Crippen LogP contribution in [0.25, 0.3) is 0 Å². The largest absolute Gasteiger partial charge is 0.496 e. The van der Waals surface area contributed by atoms with Crippen molar-refractivity contribution in [2.45, 2.75) is 33.6 Å². The molecular formula is C15H22O3. The molecule has 0 spiro atoms. The van der Waals surface area contributed by atoms with Gasteiger partial charge in [0.05, 0.1) is 13.7 Å². The second-order valence-electron chi connectivity index (χ2n) is 4.59. The Morgan fingerprint density at radius 2 is 2.00 bits per heavy atom. The van der Waals surface area contributed by atoms with Crippen molar-refractivity contribution in [2.24, 2.45) is 5.92 Å². The first kappa shape index (κ1) is 14.6. The van der Waals surface area contributed by atoms with E-state index in [0.29, 0.717) is 29.6 Å². The van der Waals surface area contributed by atoms with Crippen LogP contribution in [0.3, 0.4) is 0 Å². The van der Waals surface area contributed by atoms with Crippen LogP contribution in [-0.2, 0) is 0 Å². The van der Waals surface area contributed by atoms with Crippen molar-refractivity contribution in [3.63, 3.8) is 0 Å². The van der Waals surface area contributed by atoms with E-state index in [-0.39, 0.29) is 5.78 Å². The Hall–Kier alpha value is -1.51. The van der Waals surface area contributed by atoms with E-state index >= 15 is 0 Å². The van der Waals surface area contributed by atoms with E-state index in [2.05, 4.69) is 13.8 Å². The van der Waals surface area contributed by atoms with Gasteiger partial charge in [0.25, 0.3) is 0 Å². The predicted molar refractivity (Wildman–Crippen MR) is 72.6 cm³/mol. The maximum absolute atomic E-state index is 11.7. The standard InChI is InChI=1S/C15H22O3/c1-5-7-11(2)10-18-14-9-6-8-13(17-4)15(14)12(3)16/h6,8-9,11H,5,7,10H2,1-4H3. The summed E-state index contributed by atoms with van der Waals surface area (Å²) in [6.45, 7) is 6.46. The molecule has 18 heavy (non-hydrogen) atoms. The molecule has 0 heterocycles. The molecule has 0 aliphatic heterocycles. The van der Waals surface area contributed by atoms with Crippen molar-refractivity contribution in [2.75, 3.05) is 13.7 Å². The maximum Gasteiger partial charge on any atom is 0.167 e. The summed E-state index contributed by atoms with van der Waals surface area (Å²) in [5, 5.41) is 0. The van der Waals surface area contributed by atoms with Crippen LogP contribution in [0.15, 0.2) is 18.2 Å². The Bertz CT molecular complexity index is 399. The normalized spacial score (nSPS) is 12.0. The van der Waals surface area contributed by atoms with Gasteiger partial charge in [0.1, 0.15) is 17.1 Å². The van der Waals surface area contributed by atoms with Crippen LogP contribution < -0.4 is 9.47 Å². The first-order chi connectivity index (χ1) is 8.60. The molecule has 3 heteroatoms. The molecule has 0 aromatic heterocycles. The lowest BCUT2D eigenvalue weighted by Crippen LogP contribution is -2.11. The van der Waals surface area contributed by atoms with E-state index in [1.807, 2.05) is 12.1 Å². The zero-order valence-corrected chi connectivity index (χ0v) is 11.7. The van der Waals surface area contributed by atoms with Crippen molar-refractivity contribution in [3.05, 3.63) is 23.8 Å². The summed E-state index contributed by atoms with van der Waals surface area (Å²) >= 11 is 0. The highest BCUT2D eigenvalue weighted by atomic mass is 16.5. The molecule has 3 nitrogen and oxygen atoms in total. The molecule has 0 saturated heterocycles. The summed E-state index contributed by atoms with van der Waals surface area (Å²) in [4.78, 5) is 11.7. The number of rotatable bonds is 7. The van der Waals surface area contributed by atoms with Gasteiger partial charge in [-0.2, -0.15) is 0 Å². The molecule has 100 valence electrons. The van der Waals surface area contributed by atoms with Crippen molar-refractivity contribution in [1.29, 1.82) is 0 Å². The molecule has 1 rings (SSSR count). The van der Waals surface area contributed by atoms with Crippen LogP contribution in [-0.4, -0.2) is 19.5 Å². The van der Waals surface area contributed by atoms with Gasteiger partial charge in [-0.1, -0.05) is 26.3 Å². The molecule has 1 unspecified atom stereocenters. The topological polar surface area (TPSA) is 35.5 Å². The molecule has 1 aromatic rings. The van der Waals surface area contributed by atoms with Crippen molar-refractivity contribution < 1.29 is 14.3 Å². The number of hydrogen-bond acceptors (Lipinski definition) is 3. The molecule has 0 bridgehead atoms. The van der Waals surface area contributed by atoms with Crippen LogP contribution in [0.1, 0.15) is 44.0 Å². The van der Waals surface area contributed by atoms with E-state index in [0.717, 1.165) is 12.8 Å². The molecule has 1 aromatic carbocycles. The fourth-order valence-electron chi connectivity index (χ4n) is 1.96. The third-order valence-electron chi connectivity index (χ3n) is 2.86. The molecule has 0 radical (unpaired) electrons. The molecule has 0 aliphatic carbocycles. The molecule has 0 aliphatic rings. The number of benzene rings is 1. The van der Waals surface area contributed by atoms with Crippen LogP contribution in [0.2, 0.25) is 0 Å². The number of carbonyl (C=O) groups is 1. The van der Waals surface area contributed by atoms with Gasteiger partial charge in [0.15, 0.2) is 5.78 Å². The summed E-state index contributed by atoms with van der Waals surface area (Å²) in [6.07, 6.45) is 2.27. The molecule has 0 amide bonds. The summed E-state index contributed by atoms with van der Waals surface area (Å²) in [6, 6.07) is 5.43. The van der Waals surface area contributed by atoms with Crippen LogP contribution >= 0.6 is 0 Å². The summed E-state index contributed by atoms with van der Waals surface area (Å²) in [5.41, 5.74) is 0.531. The summed E-state index contributed by atoms with van der Waals surface area (Å²) < 4.78 is 11.0. The minimum absolute atomic E-state index is 0.0365. The molecule has 0 saturated carbocycles. The van der Waals surface area contributed by atoms with Gasteiger partial charge in [-0.15, -0.1) is 0 Å². The lowest BCUT2D eigenvalue weighted by molar-refractivity contribution is 0.100. The number of ether oxygens (including phenoxy) is 2. The van der Waals surface area contributed by atoms with Crippen LogP contribution in [0, 0.1) is 5.92 Å². The quantitative estimate of drug-likeness (QED) is 0.692. The zero-order chi connectivity index (χ0) is 13.5. The Labute approximate surface area is 109 Å². The van der Waals surface area contributed by atoms with E-state index in [4.69, 9.17) is 9.47 Å². The van der Waals surface area contributed by atoms with Gasteiger partial charge in [0.2, 0.25) is 0 Å². The van der Waals surface area contributed by atoms with Gasteiger partial charge in [-0.3, -0.25) is 4.79 Å². The third-order valence-corrected chi connectivity index (χ3v) is 2.86. The summed E-state index contributed by atoms with van der Waals surface area (Å²) in [7, 11) is 1.56. The predicted octanol–water partition coefficient (Wildman–Crippen LogP) is 3.71. The maximum atomic E-state index is 11.7. The average molecular weight is 250 g/mol. The van der Waals surface area contributed by atoms with Crippen molar-refractivity contribution in [3.8, 4) is 11.5 Å². The lowest BCUT2D eigenvalue weighted by atomic mass is 10.1. The monoisotopic (exact) mass is 250 g/mol. The summed E-state index contributed by atoms with van der Waals surface area (Å²) in [5.74, 6) is 1.64. The highest BCUT2D eigenvalue weighted by molar-refractivity contribution is 5.99. The van der Waals surface area contributed by atoms with Crippen molar-refractivity contribution >= 4 is 5.78 Å². The lowest BCUT2D eigenvalue weighted by Gasteiger charge is -2.15. The number of ketones is 1. The van der Waals surface area contributed by atoms with Gasteiger partial charge < -0.3 is 9.47 Å². The number of methoxy groups -OCH3 is 1. The fraction of sp³-hybridized carbons (Fsp3) is 0.533. The SMILES string of the molecule is CCCC(C)COc1cccc(OC)c1C(C)=O. The smallest absolute Gasteiger partial charge is 0.167 e. The molecule has 0 N–H and O–H groups in total. The van der Waals surface area contributed by atoms with Crippen molar-refractivity contribution in [1.82, 2.24) is 0 Å². The number of hydrogen-bond donors (Lipinski definition) is 0. The fourth-order valence-corrected chi connectivity index (χ4v) is 1.96. The average Bonchev–Trinajstić information content (AvgIpc) is 2.35. The van der Waals surface area contributed by atoms with Gasteiger partial charge in [-0.05, 0) is 31.4 Å². The second-order valence-corrected chi connectivity index (χ2v) is 4.59. The Morgan fingerprint density at radius 1 is 1.33 bits per heavy atom. The van der Waals surface area contributed by atoms with Crippen LogP contribution in [0.5, 0.6) is 11.5 Å². The molecule has 0 fully saturated rings. The van der Waals surface area contributed by atoms with E-state index in [9.17, 15) is 4.79 Å². The Morgan fingerprint density at radius 3 is 2.56 bits per heavy atom. The number of Topliss-reactive ketones (excluding diaryl/α,β-unsaturated/α-hetero) is 1. The van der Waals surface area contributed by atoms with Gasteiger partial charge >= 0.3 is 0 Å². The van der Waals surface area contributed by atoms with E-state index in [1.54, 1.807) is 13.2 Å². The zero-order valence-electron chi connectivity index (χ0n) is 11.7. The van der Waals surface area contributed by atoms with Gasteiger partial charge in [-0.25, -0.2) is 0 Å². The van der Waals surface area contributed by atoms with Gasteiger partial charge in [0, 0.05) is 0 Å². The first-order valence-corrected chi connectivity index (χ1v) is 6.40. The van der Waals surface area contributed by atoms with E-state index < -0.39 is 0 Å².